The van der Waals surface area contributed by atoms with E-state index in [9.17, 15) is 19.2 Å². The molecular weight excluding hydrogens is 857 g/mol. The Bertz CT molecular complexity index is 2450. The van der Waals surface area contributed by atoms with Crippen molar-refractivity contribution in [1.29, 1.82) is 0 Å². The summed E-state index contributed by atoms with van der Waals surface area (Å²) in [5.74, 6) is 0.788. The molecule has 0 aromatic carbocycles. The van der Waals surface area contributed by atoms with Crippen molar-refractivity contribution in [3.63, 3.8) is 0 Å². The molecule has 0 radical (unpaired) electrons. The lowest BCUT2D eigenvalue weighted by molar-refractivity contribution is -0.144. The highest BCUT2D eigenvalue weighted by atomic mass is 16.5. The average Bonchev–Trinajstić information content (AvgIpc) is 3.92. The van der Waals surface area contributed by atoms with Gasteiger partial charge in [0, 0.05) is 69.9 Å². The summed E-state index contributed by atoms with van der Waals surface area (Å²) >= 11 is 0. The minimum atomic E-state index is -0.234. The molecule has 0 fully saturated rings. The second-order valence-electron chi connectivity index (χ2n) is 20.4. The van der Waals surface area contributed by atoms with E-state index in [2.05, 4.69) is 127 Å². The standard InChI is InChI=1S/C56H80N4O8/c1-33(2)21-25-65-53(61)17-13-41-37(9)45-30-50-43(15-19-55(63)67-27-23-35(5)6)39(11)47(59-50)32-52-44(16-20-56(64)68-28-24-36(7)8)40(12)48(60-52)31-51-42(14-18-54(62)66-26-22-34(3)4)38(10)46(58-51)29-49(41)57-45/h29-36,57-60H,13-28H2,1-12H3. The smallest absolute Gasteiger partial charge is 0.306 e. The number of hydrogen-bond acceptors (Lipinski definition) is 8. The quantitative estimate of drug-likeness (QED) is 0.0357. The van der Waals surface area contributed by atoms with E-state index >= 15 is 0 Å². The third-order valence-corrected chi connectivity index (χ3v) is 13.1. The first-order chi connectivity index (χ1) is 32.3. The van der Waals surface area contributed by atoms with E-state index in [4.69, 9.17) is 18.9 Å². The van der Waals surface area contributed by atoms with E-state index in [1.54, 1.807) is 0 Å². The number of nitrogens with one attached hydrogen (secondary N) is 4. The van der Waals surface area contributed by atoms with E-state index in [0.29, 0.717) is 75.8 Å². The van der Waals surface area contributed by atoms with Crippen LogP contribution in [-0.2, 0) is 63.8 Å². The zero-order valence-corrected chi connectivity index (χ0v) is 43.2. The van der Waals surface area contributed by atoms with Gasteiger partial charge in [0.15, 0.2) is 0 Å². The van der Waals surface area contributed by atoms with Gasteiger partial charge < -0.3 is 38.9 Å². The van der Waals surface area contributed by atoms with E-state index in [0.717, 1.165) is 114 Å². The van der Waals surface area contributed by atoms with Gasteiger partial charge in [0.1, 0.15) is 0 Å². The second-order valence-corrected chi connectivity index (χ2v) is 20.4. The Morgan fingerprint density at radius 2 is 0.632 bits per heavy atom. The summed E-state index contributed by atoms with van der Waals surface area (Å²) in [6, 6.07) is 0. The van der Waals surface area contributed by atoms with Crippen molar-refractivity contribution in [2.75, 3.05) is 26.4 Å². The maximum atomic E-state index is 13.1. The molecule has 0 amide bonds. The number of fused-ring (bicyclic) bond motifs is 8. The maximum absolute atomic E-state index is 13.1. The van der Waals surface area contributed by atoms with Crippen LogP contribution in [0.4, 0.5) is 0 Å². The zero-order chi connectivity index (χ0) is 49.7. The normalized spacial score (nSPS) is 12.2. The largest absolute Gasteiger partial charge is 0.466 e. The molecule has 0 aliphatic carbocycles. The Hall–Kier alpha value is -5.52. The van der Waals surface area contributed by atoms with Crippen LogP contribution in [0, 0.1) is 51.4 Å². The van der Waals surface area contributed by atoms with Crippen molar-refractivity contribution in [1.82, 2.24) is 19.9 Å². The molecule has 8 bridgehead atoms. The van der Waals surface area contributed by atoms with Gasteiger partial charge in [-0.3, -0.25) is 19.2 Å². The number of carbonyl (C=O) groups excluding carboxylic acids is 4. The summed E-state index contributed by atoms with van der Waals surface area (Å²) in [6.07, 6.45) is 14.4. The third kappa shape index (κ3) is 15.2. The van der Waals surface area contributed by atoms with Crippen LogP contribution >= 0.6 is 0 Å². The zero-order valence-electron chi connectivity index (χ0n) is 43.2. The summed E-state index contributed by atoms with van der Waals surface area (Å²) in [5.41, 5.74) is 11.5. The summed E-state index contributed by atoms with van der Waals surface area (Å²) in [4.78, 5) is 67.3. The van der Waals surface area contributed by atoms with E-state index in [1.807, 2.05) is 0 Å². The molecule has 0 saturated heterocycles. The Morgan fingerprint density at radius 1 is 0.368 bits per heavy atom. The topological polar surface area (TPSA) is 168 Å². The number of carbonyl (C=O) groups is 4. The van der Waals surface area contributed by atoms with Gasteiger partial charge in [-0.25, -0.2) is 0 Å². The van der Waals surface area contributed by atoms with Crippen LogP contribution in [0.3, 0.4) is 0 Å². The number of hydrogen-bond donors (Lipinski definition) is 4. The molecule has 68 heavy (non-hydrogen) atoms. The molecule has 4 aromatic rings. The Morgan fingerprint density at radius 3 is 0.912 bits per heavy atom. The van der Waals surface area contributed by atoms with Crippen LogP contribution in [0.15, 0.2) is 0 Å². The minimum Gasteiger partial charge on any atom is -0.466 e. The lowest BCUT2D eigenvalue weighted by Gasteiger charge is -2.07. The summed E-state index contributed by atoms with van der Waals surface area (Å²) in [6.45, 7) is 26.7. The maximum Gasteiger partial charge on any atom is 0.306 e. The van der Waals surface area contributed by atoms with Gasteiger partial charge >= 0.3 is 23.9 Å². The van der Waals surface area contributed by atoms with Crippen LogP contribution in [0.5, 0.6) is 0 Å². The molecule has 0 saturated carbocycles. The first-order valence-electron chi connectivity index (χ1n) is 25.2. The van der Waals surface area contributed by atoms with Gasteiger partial charge in [-0.1, -0.05) is 55.4 Å². The highest BCUT2D eigenvalue weighted by molar-refractivity contribution is 5.73. The van der Waals surface area contributed by atoms with Crippen molar-refractivity contribution >= 4 is 48.2 Å². The fraction of sp³-hybridized carbons (Fsp3) is 0.571. The number of ether oxygens (including phenoxy) is 4. The summed E-state index contributed by atoms with van der Waals surface area (Å²) in [5, 5.41) is 3.46. The van der Waals surface area contributed by atoms with E-state index in [-0.39, 0.29) is 49.6 Å². The van der Waals surface area contributed by atoms with Crippen LogP contribution < -0.4 is 21.4 Å². The Kier molecular flexibility index (Phi) is 19.8. The van der Waals surface area contributed by atoms with E-state index in [1.165, 1.54) is 0 Å². The molecule has 12 heteroatoms. The number of aromatic nitrogens is 4. The molecular formula is C56H80N4O8. The van der Waals surface area contributed by atoms with Gasteiger partial charge in [-0.15, -0.1) is 0 Å². The average molecular weight is 937 g/mol. The number of H-pyrrole nitrogens is 4. The fourth-order valence-corrected chi connectivity index (χ4v) is 8.48. The molecule has 0 unspecified atom stereocenters. The highest BCUT2D eigenvalue weighted by Crippen LogP contribution is 2.25. The van der Waals surface area contributed by atoms with E-state index < -0.39 is 0 Å². The fourth-order valence-electron chi connectivity index (χ4n) is 8.48. The number of rotatable bonds is 24. The lowest BCUT2D eigenvalue weighted by Crippen LogP contribution is -2.15. The van der Waals surface area contributed by atoms with Gasteiger partial charge in [-0.05, 0) is 172 Å². The van der Waals surface area contributed by atoms with Crippen LogP contribution in [0.2, 0.25) is 0 Å². The van der Waals surface area contributed by atoms with Gasteiger partial charge in [0.05, 0.1) is 26.4 Å². The van der Waals surface area contributed by atoms with Gasteiger partial charge in [0.25, 0.3) is 0 Å². The van der Waals surface area contributed by atoms with Crippen molar-refractivity contribution in [2.45, 2.75) is 160 Å². The first-order valence-corrected chi connectivity index (χ1v) is 25.2. The molecule has 5 rings (SSSR count). The first kappa shape index (κ1) is 53.4. The van der Waals surface area contributed by atoms with Gasteiger partial charge in [0.2, 0.25) is 0 Å². The van der Waals surface area contributed by atoms with Crippen LogP contribution in [0.25, 0.3) is 24.3 Å². The molecule has 4 N–H and O–H groups in total. The molecule has 12 nitrogen and oxygen atoms in total. The summed E-state index contributed by atoms with van der Waals surface area (Å²) < 4.78 is 22.6. The minimum absolute atomic E-state index is 0.223. The van der Waals surface area contributed by atoms with Crippen molar-refractivity contribution < 1.29 is 38.1 Å². The highest BCUT2D eigenvalue weighted by Gasteiger charge is 2.20. The Balaban J connectivity index is 1.70. The monoisotopic (exact) mass is 937 g/mol. The SMILES string of the molecule is Cc1c2[nH]c(c1CCC(=O)OCCC(C)C)C=c1[nH]c(c(CCC(=O)OCCC(C)C)c1C)=Cc1[nH]c(c(CCC(=O)OCCC(C)C)c1C)C=c1[nH]c(c(CCC(=O)OCCC(C)C)c1C)=C2. The van der Waals surface area contributed by atoms with Crippen LogP contribution in [0.1, 0.15) is 174 Å². The molecule has 5 heterocycles. The number of esters is 4. The van der Waals surface area contributed by atoms with Crippen LogP contribution in [-0.4, -0.2) is 70.2 Å². The summed E-state index contributed by atoms with van der Waals surface area (Å²) in [7, 11) is 0. The predicted molar refractivity (Wildman–Crippen MR) is 270 cm³/mol. The molecule has 372 valence electrons. The van der Waals surface area contributed by atoms with Crippen molar-refractivity contribution in [3.8, 4) is 0 Å². The molecule has 1 aliphatic rings. The molecule has 1 aliphatic heterocycles. The Labute approximate surface area is 403 Å². The molecule has 0 spiro atoms. The third-order valence-electron chi connectivity index (χ3n) is 13.1. The predicted octanol–water partition coefficient (Wildman–Crippen LogP) is 7.95. The van der Waals surface area contributed by atoms with Gasteiger partial charge in [-0.2, -0.15) is 0 Å². The van der Waals surface area contributed by atoms with Crippen molar-refractivity contribution in [2.24, 2.45) is 23.7 Å². The second kappa shape index (κ2) is 25.2. The lowest BCUT2D eigenvalue weighted by atomic mass is 10.0. The molecule has 0 atom stereocenters. The molecule has 4 aromatic heterocycles. The number of aromatic amines is 4. The van der Waals surface area contributed by atoms with Crippen molar-refractivity contribution in [3.05, 3.63) is 88.7 Å².